The number of carbonyl (C=O) groups is 1. The van der Waals surface area contributed by atoms with Crippen molar-refractivity contribution in [2.45, 2.75) is 11.8 Å². The summed E-state index contributed by atoms with van der Waals surface area (Å²) in [5.41, 5.74) is 0.971. The van der Waals surface area contributed by atoms with E-state index in [1.807, 2.05) is 0 Å². The number of hydrogen-bond acceptors (Lipinski definition) is 6. The van der Waals surface area contributed by atoms with Crippen LogP contribution in [-0.2, 0) is 10.0 Å². The smallest absolute Gasteiger partial charge is 0.261 e. The molecule has 1 aliphatic heterocycles. The zero-order valence-corrected chi connectivity index (χ0v) is 16.9. The number of Topliss-reactive ketones (excluding diaryl/α,β-unsaturated/α-hetero) is 1. The molecule has 4 rings (SSSR count). The molecule has 1 N–H and O–H groups in total. The largest absolute Gasteiger partial charge is 0.486 e. The molecule has 8 heteroatoms. The molecule has 30 heavy (non-hydrogen) atoms. The van der Waals surface area contributed by atoms with Gasteiger partial charge in [0.05, 0.1) is 10.6 Å². The number of sulfonamides is 1. The van der Waals surface area contributed by atoms with Crippen molar-refractivity contribution in [1.82, 2.24) is 0 Å². The van der Waals surface area contributed by atoms with Crippen molar-refractivity contribution in [2.24, 2.45) is 0 Å². The number of carbonyl (C=O) groups excluding carboxylic acids is 1. The van der Waals surface area contributed by atoms with Crippen LogP contribution in [0.25, 0.3) is 0 Å². The standard InChI is InChI=1S/C22H19NO6S/c1-15(24)16-2-5-18(6-3-16)29-19-7-9-20(10-8-19)30(25,26)23-17-4-11-21-22(14-17)28-13-12-27-21/h2-11,14,23H,12-13H2,1H3. The van der Waals surface area contributed by atoms with Crippen LogP contribution in [0.3, 0.4) is 0 Å². The Morgan fingerprint density at radius 2 is 1.47 bits per heavy atom. The number of rotatable bonds is 6. The molecule has 154 valence electrons. The lowest BCUT2D eigenvalue weighted by Gasteiger charge is -2.19. The van der Waals surface area contributed by atoms with Crippen LogP contribution >= 0.6 is 0 Å². The molecule has 7 nitrogen and oxygen atoms in total. The molecule has 0 bridgehead atoms. The van der Waals surface area contributed by atoms with E-state index in [9.17, 15) is 13.2 Å². The van der Waals surface area contributed by atoms with E-state index in [1.165, 1.54) is 19.1 Å². The van der Waals surface area contributed by atoms with Crippen molar-refractivity contribution in [3.05, 3.63) is 72.3 Å². The Morgan fingerprint density at radius 3 is 2.10 bits per heavy atom. The molecule has 0 aliphatic carbocycles. The monoisotopic (exact) mass is 425 g/mol. The maximum atomic E-state index is 12.7. The highest BCUT2D eigenvalue weighted by molar-refractivity contribution is 7.92. The second kappa shape index (κ2) is 8.08. The summed E-state index contributed by atoms with van der Waals surface area (Å²) >= 11 is 0. The molecule has 1 heterocycles. The Kier molecular flexibility index (Phi) is 5.33. The Balaban J connectivity index is 1.46. The van der Waals surface area contributed by atoms with E-state index >= 15 is 0 Å². The summed E-state index contributed by atoms with van der Waals surface area (Å²) in [6.45, 7) is 2.38. The van der Waals surface area contributed by atoms with Gasteiger partial charge in [-0.05, 0) is 67.6 Å². The molecule has 0 amide bonds. The molecule has 0 saturated carbocycles. The lowest BCUT2D eigenvalue weighted by atomic mass is 10.1. The number of ketones is 1. The van der Waals surface area contributed by atoms with Crippen molar-refractivity contribution in [3.63, 3.8) is 0 Å². The van der Waals surface area contributed by atoms with Gasteiger partial charge < -0.3 is 14.2 Å². The highest BCUT2D eigenvalue weighted by Gasteiger charge is 2.17. The molecule has 0 radical (unpaired) electrons. The van der Waals surface area contributed by atoms with E-state index < -0.39 is 10.0 Å². The highest BCUT2D eigenvalue weighted by atomic mass is 32.2. The lowest BCUT2D eigenvalue weighted by molar-refractivity contribution is 0.101. The van der Waals surface area contributed by atoms with E-state index in [-0.39, 0.29) is 10.7 Å². The van der Waals surface area contributed by atoms with E-state index in [0.29, 0.717) is 47.5 Å². The van der Waals surface area contributed by atoms with Crippen molar-refractivity contribution in [2.75, 3.05) is 17.9 Å². The number of nitrogens with one attached hydrogen (secondary N) is 1. The van der Waals surface area contributed by atoms with Gasteiger partial charge in [0.25, 0.3) is 10.0 Å². The summed E-state index contributed by atoms with van der Waals surface area (Å²) in [7, 11) is -3.78. The molecule has 0 saturated heterocycles. The van der Waals surface area contributed by atoms with Gasteiger partial charge in [-0.25, -0.2) is 8.42 Å². The number of fused-ring (bicyclic) bond motifs is 1. The second-order valence-electron chi connectivity index (χ2n) is 6.62. The summed E-state index contributed by atoms with van der Waals surface area (Å²) in [6.07, 6.45) is 0. The zero-order chi connectivity index (χ0) is 21.1. The number of ether oxygens (including phenoxy) is 3. The van der Waals surface area contributed by atoms with Crippen LogP contribution in [0.15, 0.2) is 71.6 Å². The van der Waals surface area contributed by atoms with Crippen LogP contribution < -0.4 is 18.9 Å². The average Bonchev–Trinajstić information content (AvgIpc) is 2.74. The van der Waals surface area contributed by atoms with Gasteiger partial charge in [0.2, 0.25) is 0 Å². The van der Waals surface area contributed by atoms with E-state index in [0.717, 1.165) is 0 Å². The topological polar surface area (TPSA) is 90.9 Å². The fourth-order valence-corrected chi connectivity index (χ4v) is 3.95. The molecule has 1 aliphatic rings. The van der Waals surface area contributed by atoms with Gasteiger partial charge in [0.1, 0.15) is 24.7 Å². The minimum absolute atomic E-state index is 0.0263. The molecule has 3 aromatic carbocycles. The second-order valence-corrected chi connectivity index (χ2v) is 8.30. The van der Waals surface area contributed by atoms with Gasteiger partial charge in [0.15, 0.2) is 17.3 Å². The molecule has 0 aromatic heterocycles. The third-order valence-electron chi connectivity index (χ3n) is 4.42. The predicted molar refractivity (Wildman–Crippen MR) is 111 cm³/mol. The van der Waals surface area contributed by atoms with Crippen LogP contribution in [-0.4, -0.2) is 27.4 Å². The predicted octanol–water partition coefficient (Wildman–Crippen LogP) is 4.25. The van der Waals surface area contributed by atoms with E-state index in [4.69, 9.17) is 14.2 Å². The SMILES string of the molecule is CC(=O)c1ccc(Oc2ccc(S(=O)(=O)Nc3ccc4c(c3)OCCO4)cc2)cc1. The van der Waals surface area contributed by atoms with Gasteiger partial charge in [-0.15, -0.1) is 0 Å². The summed E-state index contributed by atoms with van der Waals surface area (Å²) in [4.78, 5) is 11.4. The van der Waals surface area contributed by atoms with Crippen molar-refractivity contribution >= 4 is 21.5 Å². The normalized spacial score (nSPS) is 12.8. The summed E-state index contributed by atoms with van der Waals surface area (Å²) < 4.78 is 44.5. The van der Waals surface area contributed by atoms with Gasteiger partial charge in [-0.2, -0.15) is 0 Å². The molecule has 0 fully saturated rings. The molecule has 0 unspecified atom stereocenters. The molecule has 0 atom stereocenters. The number of benzene rings is 3. The molecule has 0 spiro atoms. The first-order chi connectivity index (χ1) is 14.4. The first kappa shape index (κ1) is 19.8. The maximum absolute atomic E-state index is 12.7. The van der Waals surface area contributed by atoms with Crippen LogP contribution in [0, 0.1) is 0 Å². The average molecular weight is 425 g/mol. The zero-order valence-electron chi connectivity index (χ0n) is 16.1. The third-order valence-corrected chi connectivity index (χ3v) is 5.82. The Bertz CT molecular complexity index is 1170. The van der Waals surface area contributed by atoms with Crippen LogP contribution in [0.1, 0.15) is 17.3 Å². The fraction of sp³-hybridized carbons (Fsp3) is 0.136. The molecule has 3 aromatic rings. The lowest BCUT2D eigenvalue weighted by Crippen LogP contribution is -2.16. The van der Waals surface area contributed by atoms with Crippen LogP contribution in [0.4, 0.5) is 5.69 Å². The molecular formula is C22H19NO6S. The minimum Gasteiger partial charge on any atom is -0.486 e. The van der Waals surface area contributed by atoms with Crippen molar-refractivity contribution in [3.8, 4) is 23.0 Å². The van der Waals surface area contributed by atoms with Gasteiger partial charge in [-0.3, -0.25) is 9.52 Å². The quantitative estimate of drug-likeness (QED) is 0.594. The molecular weight excluding hydrogens is 406 g/mol. The van der Waals surface area contributed by atoms with Crippen molar-refractivity contribution < 1.29 is 27.4 Å². The summed E-state index contributed by atoms with van der Waals surface area (Å²) in [6, 6.07) is 17.6. The van der Waals surface area contributed by atoms with Crippen LogP contribution in [0.2, 0.25) is 0 Å². The minimum atomic E-state index is -3.78. The van der Waals surface area contributed by atoms with E-state index in [1.54, 1.807) is 54.6 Å². The Hall–Kier alpha value is -3.52. The third kappa shape index (κ3) is 4.38. The van der Waals surface area contributed by atoms with Gasteiger partial charge >= 0.3 is 0 Å². The fourth-order valence-electron chi connectivity index (χ4n) is 2.90. The highest BCUT2D eigenvalue weighted by Crippen LogP contribution is 2.33. The van der Waals surface area contributed by atoms with E-state index in [2.05, 4.69) is 4.72 Å². The summed E-state index contributed by atoms with van der Waals surface area (Å²) in [5.74, 6) is 2.08. The number of hydrogen-bond donors (Lipinski definition) is 1. The first-order valence-corrected chi connectivity index (χ1v) is 10.7. The number of anilines is 1. The maximum Gasteiger partial charge on any atom is 0.261 e. The van der Waals surface area contributed by atoms with Crippen molar-refractivity contribution in [1.29, 1.82) is 0 Å². The Morgan fingerprint density at radius 1 is 0.867 bits per heavy atom. The van der Waals surface area contributed by atoms with Gasteiger partial charge in [0, 0.05) is 11.6 Å². The Labute approximate surface area is 174 Å². The van der Waals surface area contributed by atoms with Gasteiger partial charge in [-0.1, -0.05) is 0 Å². The summed E-state index contributed by atoms with van der Waals surface area (Å²) in [5, 5.41) is 0. The first-order valence-electron chi connectivity index (χ1n) is 9.22. The van der Waals surface area contributed by atoms with Crippen LogP contribution in [0.5, 0.6) is 23.0 Å².